The maximum Gasteiger partial charge on any atom is 0.673 e. The van der Waals surface area contributed by atoms with Crippen molar-refractivity contribution in [2.75, 3.05) is 0 Å². The standard InChI is InChI=1S/C12H10F6O3S2.C11H10F3S.BF4/c1-7-3-4-9-6-8(2)22(10(9)5-7,11(13,14)15)21-23(19,20)12(16,17)18;1-7-3-4-9-6-8(2)15(10(9)5-7)11(12,13)14;2-1(3,4)5/h3-6H,1-2H3;3-6H,1-2H3;/q;+1;-1. The van der Waals surface area contributed by atoms with Gasteiger partial charge in [-0.05, 0) is 55.7 Å². The zero-order valence-electron chi connectivity index (χ0n) is 22.1. The molecule has 0 saturated heterocycles. The van der Waals surface area contributed by atoms with Gasteiger partial charge in [-0.15, -0.1) is 13.2 Å². The van der Waals surface area contributed by atoms with Crippen LogP contribution in [-0.2, 0) is 19.3 Å². The monoisotopic (exact) mass is 698 g/mol. The van der Waals surface area contributed by atoms with Crippen molar-refractivity contribution in [1.29, 1.82) is 0 Å². The molecule has 2 heterocycles. The van der Waals surface area contributed by atoms with Crippen molar-refractivity contribution >= 4 is 54.3 Å². The summed E-state index contributed by atoms with van der Waals surface area (Å²) in [4.78, 5) is -0.808. The van der Waals surface area contributed by atoms with Crippen LogP contribution in [0.25, 0.3) is 16.2 Å². The molecule has 3 nitrogen and oxygen atoms in total. The van der Waals surface area contributed by atoms with Gasteiger partial charge in [-0.2, -0.15) is 38.4 Å². The van der Waals surface area contributed by atoms with Gasteiger partial charge >= 0.3 is 33.9 Å². The molecule has 0 amide bonds. The molecule has 2 aromatic carbocycles. The lowest BCUT2D eigenvalue weighted by molar-refractivity contribution is -0.0867. The molecular weight excluding hydrogens is 678 g/mol. The SMILES string of the molecule is CC1=Cc2ccc(C)cc2S1(OS(=O)(=O)C(F)(F)F)C(F)(F)F.Cc1ccc2cc(C)[s+](C(F)(F)F)c2c1.F[B-](F)(F)F. The zero-order chi connectivity index (χ0) is 33.6. The van der Waals surface area contributed by atoms with Gasteiger partial charge in [-0.25, -0.2) is 0 Å². The van der Waals surface area contributed by atoms with Crippen LogP contribution in [0.5, 0.6) is 0 Å². The average Bonchev–Trinajstić information content (AvgIpc) is 3.25. The second kappa shape index (κ2) is 12.2. The van der Waals surface area contributed by atoms with E-state index >= 15 is 0 Å². The lowest BCUT2D eigenvalue weighted by Crippen LogP contribution is -2.32. The van der Waals surface area contributed by atoms with Crippen molar-refractivity contribution in [2.24, 2.45) is 0 Å². The molecule has 2 atom stereocenters. The number of hydrogen-bond acceptors (Lipinski definition) is 3. The smallest absolute Gasteiger partial charge is 0.418 e. The van der Waals surface area contributed by atoms with Gasteiger partial charge in [0.05, 0.1) is 10.5 Å². The van der Waals surface area contributed by atoms with Gasteiger partial charge in [0, 0.05) is 44.6 Å². The molecule has 0 saturated carbocycles. The molecule has 2 unspecified atom stereocenters. The van der Waals surface area contributed by atoms with Crippen molar-refractivity contribution < 1.29 is 68.8 Å². The molecule has 1 aliphatic heterocycles. The first-order valence-corrected chi connectivity index (χ1v) is 15.5. The van der Waals surface area contributed by atoms with Crippen LogP contribution in [0.3, 0.4) is 0 Å². The van der Waals surface area contributed by atoms with Crippen LogP contribution in [0.4, 0.5) is 56.8 Å². The molecule has 20 heteroatoms. The number of aryl methyl sites for hydroxylation is 3. The molecule has 0 N–H and O–H groups in total. The molecule has 43 heavy (non-hydrogen) atoms. The van der Waals surface area contributed by atoms with Crippen LogP contribution in [0.2, 0.25) is 0 Å². The summed E-state index contributed by atoms with van der Waals surface area (Å²) in [5, 5.41) is 0.707. The Balaban J connectivity index is 0.000000275. The minimum absolute atomic E-state index is 0.0159. The minimum atomic E-state index is -6.44. The first-order valence-electron chi connectivity index (χ1n) is 11.3. The van der Waals surface area contributed by atoms with E-state index < -0.39 is 64.5 Å². The van der Waals surface area contributed by atoms with E-state index in [2.05, 4.69) is 3.63 Å². The number of thiophene rings is 1. The summed E-state index contributed by atoms with van der Waals surface area (Å²) in [6.45, 7) is 5.70. The number of halogens is 13. The quantitative estimate of drug-likeness (QED) is 0.116. The van der Waals surface area contributed by atoms with Crippen molar-refractivity contribution in [2.45, 2.75) is 49.1 Å². The van der Waals surface area contributed by atoms with E-state index in [1.807, 2.05) is 13.0 Å². The third kappa shape index (κ3) is 8.39. The van der Waals surface area contributed by atoms with Crippen LogP contribution in [0, 0.1) is 20.8 Å². The number of rotatable bonds is 2. The Kier molecular flexibility index (Phi) is 10.4. The van der Waals surface area contributed by atoms with E-state index in [0.29, 0.717) is 20.5 Å². The highest BCUT2D eigenvalue weighted by molar-refractivity contribution is 8.37. The van der Waals surface area contributed by atoms with Crippen molar-refractivity contribution in [1.82, 2.24) is 0 Å². The molecule has 3 aromatic rings. The van der Waals surface area contributed by atoms with Gasteiger partial charge in [0.25, 0.3) is 0 Å². The molecule has 242 valence electrons. The Labute approximate surface area is 241 Å². The van der Waals surface area contributed by atoms with E-state index in [-0.39, 0.29) is 5.56 Å². The van der Waals surface area contributed by atoms with E-state index in [0.717, 1.165) is 24.6 Å². The molecule has 0 aliphatic carbocycles. The lowest BCUT2D eigenvalue weighted by Gasteiger charge is -2.38. The summed E-state index contributed by atoms with van der Waals surface area (Å²) in [6, 6.07) is 10.6. The topological polar surface area (TPSA) is 43.4 Å². The highest BCUT2D eigenvalue weighted by atomic mass is 32.3. The minimum Gasteiger partial charge on any atom is -0.418 e. The Morgan fingerprint density at radius 2 is 1.26 bits per heavy atom. The summed E-state index contributed by atoms with van der Waals surface area (Å²) in [5.41, 5.74) is -14.2. The Morgan fingerprint density at radius 3 is 1.72 bits per heavy atom. The maximum absolute atomic E-state index is 13.6. The van der Waals surface area contributed by atoms with Gasteiger partial charge in [0.15, 0.2) is 9.58 Å². The fourth-order valence-corrected chi connectivity index (χ4v) is 10.1. The molecule has 1 aromatic heterocycles. The number of alkyl halides is 9. The largest absolute Gasteiger partial charge is 0.673 e. The summed E-state index contributed by atoms with van der Waals surface area (Å²) in [5.74, 6) is 0. The van der Waals surface area contributed by atoms with Gasteiger partial charge in [-0.3, -0.25) is 0 Å². The fraction of sp³-hybridized carbons (Fsp3) is 0.304. The Bertz CT molecular complexity index is 1610. The van der Waals surface area contributed by atoms with E-state index in [1.165, 1.54) is 19.1 Å². The van der Waals surface area contributed by atoms with Crippen LogP contribution in [0.1, 0.15) is 28.5 Å². The molecule has 0 spiro atoms. The molecule has 0 bridgehead atoms. The summed E-state index contributed by atoms with van der Waals surface area (Å²) < 4.78 is 183. The summed E-state index contributed by atoms with van der Waals surface area (Å²) >= 11 is 0. The van der Waals surface area contributed by atoms with Crippen LogP contribution < -0.4 is 0 Å². The van der Waals surface area contributed by atoms with Gasteiger partial charge < -0.3 is 17.3 Å². The molecule has 0 radical (unpaired) electrons. The first-order chi connectivity index (χ1) is 19.1. The summed E-state index contributed by atoms with van der Waals surface area (Å²) in [6.07, 6.45) is 0.990. The van der Waals surface area contributed by atoms with Crippen molar-refractivity contribution in [3.63, 3.8) is 0 Å². The summed E-state index contributed by atoms with van der Waals surface area (Å²) in [7, 11) is -19.0. The lowest BCUT2D eigenvalue weighted by atomic mass is 10.1. The highest BCUT2D eigenvalue weighted by Gasteiger charge is 2.63. The average molecular weight is 698 g/mol. The molecule has 1 aliphatic rings. The Hall–Kier alpha value is -2.45. The highest BCUT2D eigenvalue weighted by Crippen LogP contribution is 2.77. The number of hydrogen-bond donors (Lipinski definition) is 0. The maximum atomic E-state index is 13.6. The fourth-order valence-electron chi connectivity index (χ4n) is 3.79. The molecule has 4 rings (SSSR count). The van der Waals surface area contributed by atoms with Crippen molar-refractivity contribution in [3.8, 4) is 0 Å². The van der Waals surface area contributed by atoms with Crippen LogP contribution in [-0.4, -0.2) is 26.7 Å². The number of allylic oxidation sites excluding steroid dienone is 1. The predicted octanol–water partition coefficient (Wildman–Crippen LogP) is 10.8. The third-order valence-corrected chi connectivity index (χ3v) is 12.2. The number of benzene rings is 2. The van der Waals surface area contributed by atoms with E-state index in [4.69, 9.17) is 0 Å². The third-order valence-electron chi connectivity index (χ3n) is 5.39. The Morgan fingerprint density at radius 1 is 0.767 bits per heavy atom. The first kappa shape index (κ1) is 36.7. The number of fused-ring (bicyclic) bond motifs is 2. The van der Waals surface area contributed by atoms with Gasteiger partial charge in [0.1, 0.15) is 0 Å². The van der Waals surface area contributed by atoms with E-state index in [1.54, 1.807) is 25.1 Å². The van der Waals surface area contributed by atoms with Crippen LogP contribution in [0.15, 0.2) is 52.3 Å². The molecular formula is C23H20BF13O3S3. The normalized spacial score (nSPS) is 19.4. The van der Waals surface area contributed by atoms with Crippen LogP contribution >= 0.6 is 20.8 Å². The molecule has 0 fully saturated rings. The van der Waals surface area contributed by atoms with Gasteiger partial charge in [-0.1, -0.05) is 18.2 Å². The second-order valence-corrected chi connectivity index (χ2v) is 15.5. The van der Waals surface area contributed by atoms with Gasteiger partial charge in [0.2, 0.25) is 0 Å². The van der Waals surface area contributed by atoms with Crippen molar-refractivity contribution in [3.05, 3.63) is 68.9 Å². The second-order valence-electron chi connectivity index (χ2n) is 8.81. The zero-order valence-corrected chi connectivity index (χ0v) is 24.5. The van der Waals surface area contributed by atoms with E-state index in [9.17, 15) is 65.2 Å². The predicted molar refractivity (Wildman–Crippen MR) is 140 cm³/mol.